The highest BCUT2D eigenvalue weighted by Gasteiger charge is 2.39. The van der Waals surface area contributed by atoms with E-state index >= 15 is 0 Å². The molecule has 0 saturated heterocycles. The van der Waals surface area contributed by atoms with Gasteiger partial charge >= 0.3 is 5.97 Å². The van der Waals surface area contributed by atoms with Crippen LogP contribution in [0, 0.1) is 11.3 Å². The van der Waals surface area contributed by atoms with Gasteiger partial charge in [-0.25, -0.2) is 4.79 Å². The molecule has 3 heteroatoms. The fraction of sp³-hybridized carbons (Fsp3) is 0.591. The molecule has 2 unspecified atom stereocenters. The molecule has 2 aliphatic carbocycles. The minimum atomic E-state index is -0.302. The van der Waals surface area contributed by atoms with E-state index in [1.54, 1.807) is 6.92 Å². The highest BCUT2D eigenvalue weighted by Crippen LogP contribution is 2.51. The molecule has 3 nitrogen and oxygen atoms in total. The van der Waals surface area contributed by atoms with Gasteiger partial charge in [-0.3, -0.25) is 0 Å². The van der Waals surface area contributed by atoms with Crippen LogP contribution in [0.3, 0.4) is 0 Å². The van der Waals surface area contributed by atoms with Crippen molar-refractivity contribution in [3.05, 3.63) is 46.6 Å². The highest BCUT2D eigenvalue weighted by atomic mass is 16.5. The van der Waals surface area contributed by atoms with Crippen molar-refractivity contribution in [2.75, 3.05) is 6.61 Å². The molecular weight excluding hydrogens is 312 g/mol. The van der Waals surface area contributed by atoms with E-state index in [9.17, 15) is 9.90 Å². The number of hydrogen-bond acceptors (Lipinski definition) is 3. The molecule has 0 radical (unpaired) electrons. The summed E-state index contributed by atoms with van der Waals surface area (Å²) < 4.78 is 4.91. The molecule has 0 aromatic carbocycles. The van der Waals surface area contributed by atoms with Crippen LogP contribution in [0.2, 0.25) is 0 Å². The van der Waals surface area contributed by atoms with Gasteiger partial charge in [0.1, 0.15) is 0 Å². The van der Waals surface area contributed by atoms with E-state index in [4.69, 9.17) is 4.74 Å². The van der Waals surface area contributed by atoms with Gasteiger partial charge in [-0.1, -0.05) is 43.2 Å². The largest absolute Gasteiger partial charge is 0.463 e. The van der Waals surface area contributed by atoms with Gasteiger partial charge in [-0.05, 0) is 68.9 Å². The Morgan fingerprint density at radius 2 is 2.08 bits per heavy atom. The predicted octanol–water partition coefficient (Wildman–Crippen LogP) is 4.89. The van der Waals surface area contributed by atoms with E-state index < -0.39 is 0 Å². The first-order valence-electron chi connectivity index (χ1n) is 9.35. The first kappa shape index (κ1) is 19.7. The number of aliphatic hydroxyl groups is 1. The van der Waals surface area contributed by atoms with Crippen LogP contribution in [-0.2, 0) is 9.53 Å². The lowest BCUT2D eigenvalue weighted by Gasteiger charge is -2.33. The van der Waals surface area contributed by atoms with Gasteiger partial charge in [-0.15, -0.1) is 0 Å². The van der Waals surface area contributed by atoms with Crippen LogP contribution < -0.4 is 0 Å². The minimum Gasteiger partial charge on any atom is -0.463 e. The molecule has 0 spiro atoms. The lowest BCUT2D eigenvalue weighted by atomic mass is 9.73. The summed E-state index contributed by atoms with van der Waals surface area (Å²) in [6, 6.07) is 0. The van der Waals surface area contributed by atoms with E-state index in [1.165, 1.54) is 22.8 Å². The SMILES string of the molecule is CCOC(=O)/C=C(C)/C=C/C=C(\C)C1CC2=C(CCC2(C)C)C(O)C1. The summed E-state index contributed by atoms with van der Waals surface area (Å²) in [5.41, 5.74) is 5.16. The Hall–Kier alpha value is -1.61. The van der Waals surface area contributed by atoms with Gasteiger partial charge in [0.25, 0.3) is 0 Å². The number of ether oxygens (including phenoxy) is 1. The Morgan fingerprint density at radius 1 is 1.36 bits per heavy atom. The summed E-state index contributed by atoms with van der Waals surface area (Å²) in [6.45, 7) is 10.8. The molecular formula is C22H32O3. The van der Waals surface area contributed by atoms with E-state index in [2.05, 4.69) is 26.8 Å². The Kier molecular flexibility index (Phi) is 6.45. The molecule has 0 aliphatic heterocycles. The maximum Gasteiger partial charge on any atom is 0.330 e. The standard InChI is InChI=1S/C22H32O3/c1-6-25-21(24)12-15(2)8-7-9-16(3)17-13-19-18(20(23)14-17)10-11-22(19,4)5/h7-9,12,17,20,23H,6,10-11,13-14H2,1-5H3/b8-7+,15-12+,16-9+. The number of carbonyl (C=O) groups is 1. The molecule has 138 valence electrons. The molecule has 0 bridgehead atoms. The van der Waals surface area contributed by atoms with Crippen molar-refractivity contribution in [3.8, 4) is 0 Å². The van der Waals surface area contributed by atoms with Crippen molar-refractivity contribution >= 4 is 5.97 Å². The summed E-state index contributed by atoms with van der Waals surface area (Å²) in [5.74, 6) is 0.0915. The highest BCUT2D eigenvalue weighted by molar-refractivity contribution is 5.83. The van der Waals surface area contributed by atoms with Gasteiger partial charge in [0.15, 0.2) is 0 Å². The zero-order chi connectivity index (χ0) is 18.6. The second-order valence-corrected chi connectivity index (χ2v) is 7.95. The molecule has 0 saturated carbocycles. The molecule has 1 N–H and O–H groups in total. The van der Waals surface area contributed by atoms with Gasteiger partial charge in [0, 0.05) is 6.08 Å². The number of allylic oxidation sites excluding steroid dienone is 6. The molecule has 25 heavy (non-hydrogen) atoms. The summed E-state index contributed by atoms with van der Waals surface area (Å²) in [6.07, 6.45) is 11.3. The second kappa shape index (κ2) is 8.18. The summed E-state index contributed by atoms with van der Waals surface area (Å²) in [4.78, 5) is 11.4. The predicted molar refractivity (Wildman–Crippen MR) is 102 cm³/mol. The van der Waals surface area contributed by atoms with Gasteiger partial charge < -0.3 is 9.84 Å². The quantitative estimate of drug-likeness (QED) is 0.334. The normalized spacial score (nSPS) is 27.0. The van der Waals surface area contributed by atoms with Crippen molar-refractivity contribution < 1.29 is 14.6 Å². The summed E-state index contributed by atoms with van der Waals surface area (Å²) in [7, 11) is 0. The lowest BCUT2D eigenvalue weighted by Crippen LogP contribution is -2.25. The number of esters is 1. The third kappa shape index (κ3) is 4.94. The van der Waals surface area contributed by atoms with Gasteiger partial charge in [-0.2, -0.15) is 0 Å². The van der Waals surface area contributed by atoms with Crippen LogP contribution in [0.4, 0.5) is 0 Å². The molecule has 2 aliphatic rings. The van der Waals surface area contributed by atoms with Crippen LogP contribution in [0.1, 0.15) is 60.3 Å². The van der Waals surface area contributed by atoms with Crippen molar-refractivity contribution in [2.24, 2.45) is 11.3 Å². The molecule has 0 aromatic rings. The van der Waals surface area contributed by atoms with Crippen molar-refractivity contribution in [1.29, 1.82) is 0 Å². The van der Waals surface area contributed by atoms with Crippen molar-refractivity contribution in [3.63, 3.8) is 0 Å². The molecule has 0 aromatic heterocycles. The smallest absolute Gasteiger partial charge is 0.330 e. The minimum absolute atomic E-state index is 0.226. The monoisotopic (exact) mass is 344 g/mol. The third-order valence-electron chi connectivity index (χ3n) is 5.58. The van der Waals surface area contributed by atoms with Crippen LogP contribution in [0.25, 0.3) is 0 Å². The van der Waals surface area contributed by atoms with Crippen molar-refractivity contribution in [1.82, 2.24) is 0 Å². The summed E-state index contributed by atoms with van der Waals surface area (Å²) >= 11 is 0. The molecule has 0 fully saturated rings. The Morgan fingerprint density at radius 3 is 2.76 bits per heavy atom. The second-order valence-electron chi connectivity index (χ2n) is 7.95. The van der Waals surface area contributed by atoms with Crippen LogP contribution in [-0.4, -0.2) is 23.8 Å². The van der Waals surface area contributed by atoms with Crippen LogP contribution in [0.5, 0.6) is 0 Å². The Labute approximate surface area is 152 Å². The number of carbonyl (C=O) groups excluding carboxylic acids is 1. The molecule has 2 rings (SSSR count). The first-order chi connectivity index (χ1) is 11.7. The first-order valence-corrected chi connectivity index (χ1v) is 9.35. The molecule has 0 amide bonds. The van der Waals surface area contributed by atoms with Crippen LogP contribution >= 0.6 is 0 Å². The topological polar surface area (TPSA) is 46.5 Å². The van der Waals surface area contributed by atoms with Crippen molar-refractivity contribution in [2.45, 2.75) is 66.4 Å². The maximum absolute atomic E-state index is 11.4. The fourth-order valence-corrected chi connectivity index (χ4v) is 3.95. The van der Waals surface area contributed by atoms with Crippen LogP contribution in [0.15, 0.2) is 46.6 Å². The average molecular weight is 344 g/mol. The Bertz CT molecular complexity index is 632. The van der Waals surface area contributed by atoms with Gasteiger partial charge in [0.2, 0.25) is 0 Å². The average Bonchev–Trinajstić information content (AvgIpc) is 2.83. The van der Waals surface area contributed by atoms with Gasteiger partial charge in [0.05, 0.1) is 12.7 Å². The molecule has 2 atom stereocenters. The molecule has 0 heterocycles. The summed E-state index contributed by atoms with van der Waals surface area (Å²) in [5, 5.41) is 10.5. The number of aliphatic hydroxyl groups excluding tert-OH is 1. The number of rotatable bonds is 5. The van der Waals surface area contributed by atoms with E-state index in [1.807, 2.05) is 19.1 Å². The number of hydrogen-bond donors (Lipinski definition) is 1. The lowest BCUT2D eigenvalue weighted by molar-refractivity contribution is -0.137. The van der Waals surface area contributed by atoms with E-state index in [0.717, 1.165) is 31.3 Å². The van der Waals surface area contributed by atoms with E-state index in [0.29, 0.717) is 12.5 Å². The third-order valence-corrected chi connectivity index (χ3v) is 5.58. The zero-order valence-corrected chi connectivity index (χ0v) is 16.3. The van der Waals surface area contributed by atoms with E-state index in [-0.39, 0.29) is 17.5 Å². The Balaban J connectivity index is 2.03. The zero-order valence-electron chi connectivity index (χ0n) is 16.3. The fourth-order valence-electron chi connectivity index (χ4n) is 3.95. The maximum atomic E-state index is 11.4.